The van der Waals surface area contributed by atoms with Gasteiger partial charge < -0.3 is 15.8 Å². The van der Waals surface area contributed by atoms with Crippen LogP contribution in [0.2, 0.25) is 0 Å². The lowest BCUT2D eigenvalue weighted by Gasteiger charge is -2.13. The number of carbonyl (C=O) groups is 1. The molecule has 1 aliphatic carbocycles. The van der Waals surface area contributed by atoms with E-state index in [4.69, 9.17) is 10.5 Å². The third-order valence-corrected chi connectivity index (χ3v) is 3.17. The highest BCUT2D eigenvalue weighted by molar-refractivity contribution is 5.92. The van der Waals surface area contributed by atoms with Crippen molar-refractivity contribution in [3.63, 3.8) is 0 Å². The number of rotatable bonds is 6. The Hall–Kier alpha value is -1.62. The highest BCUT2D eigenvalue weighted by Crippen LogP contribution is 2.33. The van der Waals surface area contributed by atoms with Crippen molar-refractivity contribution in [2.75, 3.05) is 11.9 Å². The molecule has 1 unspecified atom stereocenters. The van der Waals surface area contributed by atoms with Gasteiger partial charge in [-0.05, 0) is 37.8 Å². The van der Waals surface area contributed by atoms with Gasteiger partial charge in [-0.25, -0.2) is 4.39 Å². The lowest BCUT2D eigenvalue weighted by molar-refractivity contribution is -0.116. The normalized spacial score (nSPS) is 15.9. The molecule has 0 aliphatic heterocycles. The molecule has 3 N–H and O–H groups in total. The second-order valence-electron chi connectivity index (χ2n) is 4.83. The molecule has 1 saturated carbocycles. The van der Waals surface area contributed by atoms with Crippen LogP contribution in [-0.2, 0) is 4.79 Å². The van der Waals surface area contributed by atoms with Crippen LogP contribution in [0.1, 0.15) is 26.2 Å². The van der Waals surface area contributed by atoms with E-state index >= 15 is 0 Å². The molecule has 0 spiro atoms. The Morgan fingerprint density at radius 1 is 1.58 bits per heavy atom. The minimum Gasteiger partial charge on any atom is -0.492 e. The maximum atomic E-state index is 13.1. The topological polar surface area (TPSA) is 64.3 Å². The Kier molecular flexibility index (Phi) is 4.37. The minimum atomic E-state index is -0.392. The highest BCUT2D eigenvalue weighted by Gasteiger charge is 2.29. The second kappa shape index (κ2) is 6.02. The predicted octanol–water partition coefficient (Wildman–Crippen LogP) is 2.29. The number of hydrogen-bond acceptors (Lipinski definition) is 3. The number of nitrogens with two attached hydrogens (primary N) is 1. The van der Waals surface area contributed by atoms with Gasteiger partial charge in [0.25, 0.3) is 0 Å². The monoisotopic (exact) mass is 266 g/mol. The molecule has 0 heterocycles. The first-order chi connectivity index (χ1) is 9.10. The SMILES string of the molecule is CCOc1cc(F)ccc1NC(=O)CC(N)C1CC1. The van der Waals surface area contributed by atoms with Crippen LogP contribution in [0.25, 0.3) is 0 Å². The van der Waals surface area contributed by atoms with Crippen LogP contribution in [0.5, 0.6) is 5.75 Å². The average Bonchev–Trinajstić information content (AvgIpc) is 3.17. The second-order valence-corrected chi connectivity index (χ2v) is 4.83. The van der Waals surface area contributed by atoms with Gasteiger partial charge in [-0.1, -0.05) is 0 Å². The molecule has 1 aromatic carbocycles. The van der Waals surface area contributed by atoms with Crippen molar-refractivity contribution in [3.8, 4) is 5.75 Å². The molecule has 104 valence electrons. The highest BCUT2D eigenvalue weighted by atomic mass is 19.1. The Labute approximate surface area is 112 Å². The van der Waals surface area contributed by atoms with Gasteiger partial charge in [-0.15, -0.1) is 0 Å². The van der Waals surface area contributed by atoms with Crippen LogP contribution in [-0.4, -0.2) is 18.6 Å². The molecule has 0 radical (unpaired) electrons. The van der Waals surface area contributed by atoms with Gasteiger partial charge in [0.2, 0.25) is 5.91 Å². The van der Waals surface area contributed by atoms with E-state index in [1.165, 1.54) is 18.2 Å². The van der Waals surface area contributed by atoms with Crippen molar-refractivity contribution in [1.82, 2.24) is 0 Å². The van der Waals surface area contributed by atoms with Crippen molar-refractivity contribution in [2.45, 2.75) is 32.2 Å². The summed E-state index contributed by atoms with van der Waals surface area (Å²) in [6.07, 6.45) is 2.50. The van der Waals surface area contributed by atoms with Crippen LogP contribution in [0.4, 0.5) is 10.1 Å². The lowest BCUT2D eigenvalue weighted by Crippen LogP contribution is -2.29. The first-order valence-corrected chi connectivity index (χ1v) is 6.58. The number of nitrogens with one attached hydrogen (secondary N) is 1. The summed E-state index contributed by atoms with van der Waals surface area (Å²) in [6, 6.07) is 3.97. The quantitative estimate of drug-likeness (QED) is 0.830. The summed E-state index contributed by atoms with van der Waals surface area (Å²) in [5, 5.41) is 2.73. The van der Waals surface area contributed by atoms with Crippen LogP contribution in [0, 0.1) is 11.7 Å². The standard InChI is InChI=1S/C14H19FN2O2/c1-2-19-13-7-10(15)5-6-12(13)17-14(18)8-11(16)9-3-4-9/h5-7,9,11H,2-4,8,16H2,1H3,(H,17,18). The third-order valence-electron chi connectivity index (χ3n) is 3.17. The minimum absolute atomic E-state index is 0.0870. The molecule has 0 aromatic heterocycles. The van der Waals surface area contributed by atoms with E-state index in [1.807, 2.05) is 0 Å². The molecule has 19 heavy (non-hydrogen) atoms. The lowest BCUT2D eigenvalue weighted by atomic mass is 10.1. The van der Waals surface area contributed by atoms with E-state index < -0.39 is 5.82 Å². The van der Waals surface area contributed by atoms with Crippen molar-refractivity contribution < 1.29 is 13.9 Å². The average molecular weight is 266 g/mol. The van der Waals surface area contributed by atoms with Crippen LogP contribution in [0.3, 0.4) is 0 Å². The van der Waals surface area contributed by atoms with Crippen LogP contribution in [0.15, 0.2) is 18.2 Å². The van der Waals surface area contributed by atoms with Gasteiger partial charge in [-0.3, -0.25) is 4.79 Å². The largest absolute Gasteiger partial charge is 0.492 e. The Morgan fingerprint density at radius 3 is 2.95 bits per heavy atom. The van der Waals surface area contributed by atoms with E-state index in [0.29, 0.717) is 24.0 Å². The first kappa shape index (κ1) is 13.8. The molecule has 1 amide bonds. The molecule has 1 aromatic rings. The van der Waals surface area contributed by atoms with Gasteiger partial charge in [0.15, 0.2) is 0 Å². The molecule has 5 heteroatoms. The van der Waals surface area contributed by atoms with E-state index in [2.05, 4.69) is 5.32 Å². The van der Waals surface area contributed by atoms with Gasteiger partial charge in [0, 0.05) is 18.5 Å². The molecule has 1 aliphatic rings. The molecule has 1 fully saturated rings. The first-order valence-electron chi connectivity index (χ1n) is 6.58. The zero-order valence-corrected chi connectivity index (χ0v) is 11.0. The molecule has 1 atom stereocenters. The van der Waals surface area contributed by atoms with Crippen LogP contribution >= 0.6 is 0 Å². The summed E-state index contributed by atoms with van der Waals surface area (Å²) < 4.78 is 18.4. The summed E-state index contributed by atoms with van der Waals surface area (Å²) >= 11 is 0. The Bertz CT molecular complexity index is 461. The fourth-order valence-electron chi connectivity index (χ4n) is 1.98. The van der Waals surface area contributed by atoms with Gasteiger partial charge in [-0.2, -0.15) is 0 Å². The number of halogens is 1. The van der Waals surface area contributed by atoms with Gasteiger partial charge in [0.05, 0.1) is 12.3 Å². The molecular formula is C14H19FN2O2. The summed E-state index contributed by atoms with van der Waals surface area (Å²) in [5.74, 6) is 0.268. The maximum Gasteiger partial charge on any atom is 0.226 e. The van der Waals surface area contributed by atoms with Crippen molar-refractivity contribution in [3.05, 3.63) is 24.0 Å². The van der Waals surface area contributed by atoms with Crippen molar-refractivity contribution in [2.24, 2.45) is 11.7 Å². The molecule has 0 bridgehead atoms. The number of amides is 1. The fraction of sp³-hybridized carbons (Fsp3) is 0.500. The number of benzene rings is 1. The summed E-state index contributed by atoms with van der Waals surface area (Å²) in [4.78, 5) is 11.9. The zero-order chi connectivity index (χ0) is 13.8. The summed E-state index contributed by atoms with van der Waals surface area (Å²) in [6.45, 7) is 2.22. The number of hydrogen-bond donors (Lipinski definition) is 2. The van der Waals surface area contributed by atoms with Crippen molar-refractivity contribution in [1.29, 1.82) is 0 Å². The Balaban J connectivity index is 1.98. The number of carbonyl (C=O) groups excluding carboxylic acids is 1. The van der Waals surface area contributed by atoms with Crippen molar-refractivity contribution >= 4 is 11.6 Å². The molecule has 4 nitrogen and oxygen atoms in total. The summed E-state index contributed by atoms with van der Waals surface area (Å²) in [5.41, 5.74) is 6.38. The van der Waals surface area contributed by atoms with E-state index in [-0.39, 0.29) is 18.4 Å². The summed E-state index contributed by atoms with van der Waals surface area (Å²) in [7, 11) is 0. The van der Waals surface area contributed by atoms with E-state index in [9.17, 15) is 9.18 Å². The Morgan fingerprint density at radius 2 is 2.32 bits per heavy atom. The molecule has 0 saturated heterocycles. The van der Waals surface area contributed by atoms with Gasteiger partial charge in [0.1, 0.15) is 11.6 Å². The smallest absolute Gasteiger partial charge is 0.226 e. The number of ether oxygens (including phenoxy) is 1. The van der Waals surface area contributed by atoms with Crippen LogP contribution < -0.4 is 15.8 Å². The number of anilines is 1. The fourth-order valence-corrected chi connectivity index (χ4v) is 1.98. The van der Waals surface area contributed by atoms with Gasteiger partial charge >= 0.3 is 0 Å². The zero-order valence-electron chi connectivity index (χ0n) is 11.0. The third kappa shape index (κ3) is 3.92. The van der Waals surface area contributed by atoms with E-state index in [1.54, 1.807) is 6.92 Å². The predicted molar refractivity (Wildman–Crippen MR) is 71.5 cm³/mol. The maximum absolute atomic E-state index is 13.1. The molecule has 2 rings (SSSR count). The van der Waals surface area contributed by atoms with E-state index in [0.717, 1.165) is 12.8 Å². The molecular weight excluding hydrogens is 247 g/mol.